The van der Waals surface area contributed by atoms with E-state index in [-0.39, 0.29) is 41.5 Å². The Kier molecular flexibility index (Phi) is 9.67. The molecule has 0 unspecified atom stereocenters. The Morgan fingerprint density at radius 2 is 1.15 bits per heavy atom. The normalized spacial score (nSPS) is 27.9. The van der Waals surface area contributed by atoms with E-state index in [2.05, 4.69) is 16.9 Å². The van der Waals surface area contributed by atoms with Crippen LogP contribution in [-0.2, 0) is 9.59 Å². The number of hydrogen-bond donors (Lipinski definition) is 5. The van der Waals surface area contributed by atoms with Crippen LogP contribution >= 0.6 is 0 Å². The topological polar surface area (TPSA) is 204 Å². The predicted molar refractivity (Wildman–Crippen MR) is 251 cm³/mol. The summed E-state index contributed by atoms with van der Waals surface area (Å²) in [6, 6.07) is 24.2. The molecule has 4 aliphatic carbocycles. The Bertz CT molecular complexity index is 3290. The first-order chi connectivity index (χ1) is 32.8. The highest BCUT2D eigenvalue weighted by Gasteiger charge is 2.68. The monoisotopic (exact) mass is 914 g/mol. The molecule has 2 aliphatic heterocycles. The summed E-state index contributed by atoms with van der Waals surface area (Å²) in [6.07, 6.45) is 5.47. The van der Waals surface area contributed by atoms with E-state index in [4.69, 9.17) is 29.9 Å². The first-order valence-corrected chi connectivity index (χ1v) is 23.4. The number of rotatable bonds is 2. The Morgan fingerprint density at radius 3 is 1.63 bits per heavy atom. The van der Waals surface area contributed by atoms with Gasteiger partial charge in [0.2, 0.25) is 0 Å². The molecule has 0 radical (unpaired) electrons. The van der Waals surface area contributed by atoms with E-state index in [1.807, 2.05) is 55.5 Å². The van der Waals surface area contributed by atoms with Crippen LogP contribution in [0.1, 0.15) is 65.2 Å². The van der Waals surface area contributed by atoms with Gasteiger partial charge >= 0.3 is 0 Å². The van der Waals surface area contributed by atoms with Gasteiger partial charge in [-0.05, 0) is 105 Å². The first-order valence-electron chi connectivity index (χ1n) is 23.4. The smallest absolute Gasteiger partial charge is 0.190 e. The summed E-state index contributed by atoms with van der Waals surface area (Å²) < 4.78 is 28.9. The van der Waals surface area contributed by atoms with Gasteiger partial charge in [-0.25, -0.2) is 38.7 Å². The van der Waals surface area contributed by atoms with Crippen molar-refractivity contribution in [1.82, 2.24) is 39.9 Å². The summed E-state index contributed by atoms with van der Waals surface area (Å²) in [5, 5.41) is 33.1. The van der Waals surface area contributed by atoms with Crippen molar-refractivity contribution in [2.45, 2.75) is 76.9 Å². The second-order valence-corrected chi connectivity index (χ2v) is 20.1. The van der Waals surface area contributed by atoms with E-state index < -0.39 is 35.0 Å². The number of aliphatic hydroxyl groups excluding tert-OH is 2. The Balaban J connectivity index is 0.000000159. The zero-order valence-corrected chi connectivity index (χ0v) is 37.4. The standard InChI is InChI=1S/C32H16F2N8.C21H32O5/c33-15-9-11-21-23(13-15)32-40-28-20-8-4-2-6-18(20)26(36-28)38-30-22-12-10-16(34)14-24(22)31(42-30)39-27-19-7-3-1-5-17(19)25(35-27)37-29(21)41-32;1-19-7-5-13(23)9-12(19)3-4-14-15-6-8-21(26,17(25)11-22)20(15,2)10-16(24)18(14)19/h1-14H,(H2,35,36,37,38,39,40,41,42);12-15,18,22-23,26H,3-11H2,1-2H3/t;12-,13-,14+,15+,18-,19+,20+,21+/m.1/s1. The summed E-state index contributed by atoms with van der Waals surface area (Å²) in [5.41, 5.74) is 2.48. The highest BCUT2D eigenvalue weighted by Crippen LogP contribution is 2.67. The molecule has 0 amide bonds. The van der Waals surface area contributed by atoms with E-state index in [9.17, 15) is 33.7 Å². The van der Waals surface area contributed by atoms with Gasteiger partial charge in [0, 0.05) is 61.6 Å². The fraction of sp³-hybridized carbons (Fsp3) is 0.358. The predicted octanol–water partition coefficient (Wildman–Crippen LogP) is 9.01. The third kappa shape index (κ3) is 6.35. The van der Waals surface area contributed by atoms with Crippen LogP contribution in [0.4, 0.5) is 8.78 Å². The molecule has 5 N–H and O–H groups in total. The molecule has 4 fully saturated rings. The minimum absolute atomic E-state index is 0.0154. The number of nitrogens with zero attached hydrogens (tertiary/aromatic N) is 6. The lowest BCUT2D eigenvalue weighted by molar-refractivity contribution is -0.180. The van der Waals surface area contributed by atoms with Crippen molar-refractivity contribution >= 4 is 55.7 Å². The van der Waals surface area contributed by atoms with Crippen LogP contribution < -0.4 is 0 Å². The molecule has 344 valence electrons. The van der Waals surface area contributed by atoms with Gasteiger partial charge in [-0.1, -0.05) is 62.4 Å². The van der Waals surface area contributed by atoms with Crippen LogP contribution in [0.25, 0.3) is 89.7 Å². The second-order valence-electron chi connectivity index (χ2n) is 20.1. The van der Waals surface area contributed by atoms with Gasteiger partial charge in [-0.3, -0.25) is 9.59 Å². The molecule has 68 heavy (non-hydrogen) atoms. The fourth-order valence-corrected chi connectivity index (χ4v) is 13.3. The third-order valence-corrected chi connectivity index (χ3v) is 16.7. The van der Waals surface area contributed by atoms with Crippen LogP contribution in [-0.4, -0.2) is 85.1 Å². The quantitative estimate of drug-likeness (QED) is 0.111. The Labute approximate surface area is 388 Å². The summed E-state index contributed by atoms with van der Waals surface area (Å²) in [4.78, 5) is 61.3. The number of hydrogen-bond acceptors (Lipinski definition) is 11. The van der Waals surface area contributed by atoms with Crippen LogP contribution in [0, 0.1) is 46.1 Å². The minimum Gasteiger partial charge on any atom is -0.393 e. The van der Waals surface area contributed by atoms with Crippen LogP contribution in [0.5, 0.6) is 0 Å². The first kappa shape index (κ1) is 42.7. The number of H-pyrrole nitrogens is 2. The van der Waals surface area contributed by atoms with E-state index in [1.165, 1.54) is 24.3 Å². The van der Waals surface area contributed by atoms with Gasteiger partial charge in [0.15, 0.2) is 29.1 Å². The van der Waals surface area contributed by atoms with Crippen LogP contribution in [0.2, 0.25) is 0 Å². The zero-order valence-electron chi connectivity index (χ0n) is 37.4. The van der Waals surface area contributed by atoms with Gasteiger partial charge in [-0.2, -0.15) is 0 Å². The van der Waals surface area contributed by atoms with Crippen molar-refractivity contribution in [2.75, 3.05) is 6.61 Å². The molecule has 8 atom stereocenters. The number of nitrogens with one attached hydrogen (secondary N) is 2. The number of ketones is 2. The number of fused-ring (bicyclic) bond motifs is 25. The number of Topliss-reactive ketones (excluding diaryl/α,β-unsaturated/α-hetero) is 2. The SMILES string of the molecule is C[C@]12CC[C@@H](O)C[C@H]1CC[C@@H]1[C@@H]2C(=O)C[C@@]2(C)[C@H]1CC[C@]2(O)C(=O)CO.Fc1ccc2c3nc4nc(nc5[nH]c(nc6nc(nc([nH]3)c2c1)-c1ccccc1-6)c1ccc(F)cc51)-c1ccccc1-4. The Morgan fingerprint density at radius 1 is 0.662 bits per heavy atom. The number of aromatic amines is 2. The molecule has 4 aromatic carbocycles. The van der Waals surface area contributed by atoms with Crippen molar-refractivity contribution in [3.8, 4) is 45.6 Å². The molecule has 0 spiro atoms. The molecular formula is C53H48F2N8O5. The molecule has 13 rings (SSSR count). The molecule has 15 heteroatoms. The lowest BCUT2D eigenvalue weighted by atomic mass is 9.44. The van der Waals surface area contributed by atoms with Gasteiger partial charge in [-0.15, -0.1) is 0 Å². The largest absolute Gasteiger partial charge is 0.393 e. The van der Waals surface area contributed by atoms with Crippen LogP contribution in [0.3, 0.4) is 0 Å². The summed E-state index contributed by atoms with van der Waals surface area (Å²) >= 11 is 0. The number of aliphatic hydroxyl groups is 3. The summed E-state index contributed by atoms with van der Waals surface area (Å²) in [6.45, 7) is 3.46. The molecule has 3 aromatic heterocycles. The van der Waals surface area contributed by atoms with Gasteiger partial charge in [0.1, 0.15) is 52.2 Å². The molecule has 8 bridgehead atoms. The zero-order chi connectivity index (χ0) is 46.9. The lowest BCUT2D eigenvalue weighted by Crippen LogP contribution is -2.62. The maximum Gasteiger partial charge on any atom is 0.190 e. The van der Waals surface area contributed by atoms with E-state index >= 15 is 0 Å². The highest BCUT2D eigenvalue weighted by atomic mass is 19.1. The van der Waals surface area contributed by atoms with E-state index in [0.29, 0.717) is 79.8 Å². The minimum atomic E-state index is -1.58. The lowest BCUT2D eigenvalue weighted by Gasteiger charge is -2.60. The maximum atomic E-state index is 14.5. The number of aromatic nitrogens is 8. The molecule has 13 nitrogen and oxygen atoms in total. The van der Waals surface area contributed by atoms with E-state index in [1.54, 1.807) is 12.1 Å². The molecule has 4 saturated carbocycles. The number of benzene rings is 4. The van der Waals surface area contributed by atoms with Crippen LogP contribution in [0.15, 0.2) is 84.9 Å². The highest BCUT2D eigenvalue weighted by molar-refractivity contribution is 6.06. The molecule has 5 heterocycles. The number of carbonyl (C=O) groups is 2. The van der Waals surface area contributed by atoms with Gasteiger partial charge in [0.25, 0.3) is 0 Å². The van der Waals surface area contributed by atoms with Crippen molar-refractivity contribution < 1.29 is 33.7 Å². The summed E-state index contributed by atoms with van der Waals surface area (Å²) in [7, 11) is 0. The second kappa shape index (κ2) is 15.4. The number of halogens is 2. The average molecular weight is 915 g/mol. The van der Waals surface area contributed by atoms with Crippen molar-refractivity contribution in [2.24, 2.45) is 34.5 Å². The molecule has 7 aromatic rings. The Hall–Kier alpha value is -6.68. The third-order valence-electron chi connectivity index (χ3n) is 16.7. The maximum absolute atomic E-state index is 14.5. The summed E-state index contributed by atoms with van der Waals surface area (Å²) in [5.74, 6) is 1.29. The van der Waals surface area contributed by atoms with E-state index in [0.717, 1.165) is 60.8 Å². The number of carbonyl (C=O) groups excluding carboxylic acids is 2. The van der Waals surface area contributed by atoms with Gasteiger partial charge < -0.3 is 25.3 Å². The van der Waals surface area contributed by atoms with Crippen molar-refractivity contribution in [3.05, 3.63) is 96.6 Å². The molecule has 6 aliphatic rings. The van der Waals surface area contributed by atoms with Crippen molar-refractivity contribution in [1.29, 1.82) is 0 Å². The fourth-order valence-electron chi connectivity index (χ4n) is 13.3. The molecular weight excluding hydrogens is 867 g/mol. The molecule has 0 saturated heterocycles. The van der Waals surface area contributed by atoms with Crippen molar-refractivity contribution in [3.63, 3.8) is 0 Å². The average Bonchev–Trinajstić information content (AvgIpc) is 4.11. The van der Waals surface area contributed by atoms with Gasteiger partial charge in [0.05, 0.1) is 6.10 Å².